The molecule has 2 atom stereocenters. The molecule has 1 N–H and O–H groups in total. The Hall–Kier alpha value is -1.57. The first-order valence-electron chi connectivity index (χ1n) is 6.01. The van der Waals surface area contributed by atoms with Crippen molar-refractivity contribution in [3.63, 3.8) is 0 Å². The predicted octanol–water partition coefficient (Wildman–Crippen LogP) is 2.52. The van der Waals surface area contributed by atoms with E-state index in [1.54, 1.807) is 38.2 Å². The van der Waals surface area contributed by atoms with Gasteiger partial charge in [-0.1, -0.05) is 23.7 Å². The highest BCUT2D eigenvalue weighted by molar-refractivity contribution is 6.30. The summed E-state index contributed by atoms with van der Waals surface area (Å²) in [4.78, 5) is 13.4. The third-order valence-electron chi connectivity index (χ3n) is 3.06. The number of carbonyl (C=O) groups excluding carboxylic acids is 1. The smallest absolute Gasteiger partial charge is 0.225 e. The van der Waals surface area contributed by atoms with Gasteiger partial charge in [0.2, 0.25) is 5.91 Å². The second kappa shape index (κ2) is 7.13. The summed E-state index contributed by atoms with van der Waals surface area (Å²) in [6, 6.07) is 8.60. The summed E-state index contributed by atoms with van der Waals surface area (Å²) in [6.45, 7) is 1.80. The Balaban J connectivity index is 2.61. The Morgan fingerprint density at radius 2 is 2.05 bits per heavy atom. The van der Waals surface area contributed by atoms with Gasteiger partial charge in [0.05, 0.1) is 25.0 Å². The second-order valence-corrected chi connectivity index (χ2v) is 4.92. The largest absolute Gasteiger partial charge is 0.388 e. The lowest BCUT2D eigenvalue weighted by atomic mass is 10.1. The van der Waals surface area contributed by atoms with E-state index in [1.807, 2.05) is 6.07 Å². The Morgan fingerprint density at radius 1 is 1.47 bits per heavy atom. The predicted molar refractivity (Wildman–Crippen MR) is 73.5 cm³/mol. The molecule has 0 saturated carbocycles. The number of halogens is 1. The lowest BCUT2D eigenvalue weighted by Gasteiger charge is -2.24. The molecule has 0 saturated heterocycles. The lowest BCUT2D eigenvalue weighted by Crippen LogP contribution is -2.35. The number of aliphatic hydroxyl groups is 1. The second-order valence-electron chi connectivity index (χ2n) is 4.49. The molecule has 0 aliphatic rings. The third kappa shape index (κ3) is 4.55. The van der Waals surface area contributed by atoms with E-state index in [0.29, 0.717) is 10.6 Å². The topological polar surface area (TPSA) is 64.3 Å². The van der Waals surface area contributed by atoms with Gasteiger partial charge in [-0.05, 0) is 24.6 Å². The average molecular weight is 281 g/mol. The van der Waals surface area contributed by atoms with Crippen LogP contribution in [0.4, 0.5) is 0 Å². The highest BCUT2D eigenvalue weighted by Crippen LogP contribution is 2.20. The molecule has 0 aliphatic carbocycles. The van der Waals surface area contributed by atoms with E-state index in [2.05, 4.69) is 0 Å². The van der Waals surface area contributed by atoms with Crippen LogP contribution < -0.4 is 0 Å². The minimum atomic E-state index is -0.860. The SMILES string of the molecule is CC(CC#N)N(C)C(=O)CC(O)c1ccc(Cl)cc1. The number of hydrogen-bond acceptors (Lipinski definition) is 3. The minimum absolute atomic E-state index is 0.00605. The number of benzene rings is 1. The summed E-state index contributed by atoms with van der Waals surface area (Å²) in [6.07, 6.45) is -0.589. The number of nitrogens with zero attached hydrogens (tertiary/aromatic N) is 2. The Bertz CT molecular complexity index is 467. The molecule has 0 radical (unpaired) electrons. The maximum absolute atomic E-state index is 11.9. The van der Waals surface area contributed by atoms with Crippen LogP contribution >= 0.6 is 11.6 Å². The van der Waals surface area contributed by atoms with Crippen LogP contribution in [0.3, 0.4) is 0 Å². The number of hydrogen-bond donors (Lipinski definition) is 1. The van der Waals surface area contributed by atoms with Crippen LogP contribution in [0.25, 0.3) is 0 Å². The molecule has 19 heavy (non-hydrogen) atoms. The molecule has 1 amide bonds. The van der Waals surface area contributed by atoms with Gasteiger partial charge in [0, 0.05) is 18.1 Å². The maximum Gasteiger partial charge on any atom is 0.225 e. The number of aliphatic hydroxyl groups excluding tert-OH is 1. The third-order valence-corrected chi connectivity index (χ3v) is 3.32. The molecule has 0 fully saturated rings. The summed E-state index contributed by atoms with van der Waals surface area (Å²) >= 11 is 5.76. The molecule has 0 bridgehead atoms. The van der Waals surface area contributed by atoms with E-state index in [9.17, 15) is 9.90 Å². The van der Waals surface area contributed by atoms with Crippen molar-refractivity contribution in [3.05, 3.63) is 34.9 Å². The molecule has 1 aromatic rings. The molecular weight excluding hydrogens is 264 g/mol. The van der Waals surface area contributed by atoms with Gasteiger partial charge < -0.3 is 10.0 Å². The van der Waals surface area contributed by atoms with Gasteiger partial charge in [-0.3, -0.25) is 4.79 Å². The fourth-order valence-corrected chi connectivity index (χ4v) is 1.75. The normalized spacial score (nSPS) is 13.4. The molecule has 4 nitrogen and oxygen atoms in total. The van der Waals surface area contributed by atoms with Crippen molar-refractivity contribution in [2.45, 2.75) is 31.9 Å². The van der Waals surface area contributed by atoms with Gasteiger partial charge in [-0.15, -0.1) is 0 Å². The molecule has 1 rings (SSSR count). The van der Waals surface area contributed by atoms with Crippen LogP contribution in [0.15, 0.2) is 24.3 Å². The number of nitriles is 1. The first-order valence-corrected chi connectivity index (χ1v) is 6.39. The van der Waals surface area contributed by atoms with Gasteiger partial charge in [-0.25, -0.2) is 0 Å². The van der Waals surface area contributed by atoms with E-state index in [1.165, 1.54) is 4.90 Å². The fourth-order valence-electron chi connectivity index (χ4n) is 1.63. The van der Waals surface area contributed by atoms with Crippen molar-refractivity contribution in [3.8, 4) is 6.07 Å². The van der Waals surface area contributed by atoms with Crippen molar-refractivity contribution < 1.29 is 9.90 Å². The average Bonchev–Trinajstić information content (AvgIpc) is 2.38. The summed E-state index contributed by atoms with van der Waals surface area (Å²) < 4.78 is 0. The maximum atomic E-state index is 11.9. The first kappa shape index (κ1) is 15.5. The number of carbonyl (C=O) groups is 1. The molecule has 1 aromatic carbocycles. The Kier molecular flexibility index (Phi) is 5.81. The number of rotatable bonds is 5. The van der Waals surface area contributed by atoms with Crippen molar-refractivity contribution in [1.82, 2.24) is 4.90 Å². The van der Waals surface area contributed by atoms with Gasteiger partial charge in [0.1, 0.15) is 0 Å². The Labute approximate surface area is 118 Å². The summed E-state index contributed by atoms with van der Waals surface area (Å²) in [7, 11) is 1.64. The minimum Gasteiger partial charge on any atom is -0.388 e. The van der Waals surface area contributed by atoms with Crippen molar-refractivity contribution in [1.29, 1.82) is 5.26 Å². The van der Waals surface area contributed by atoms with Gasteiger partial charge >= 0.3 is 0 Å². The zero-order chi connectivity index (χ0) is 14.4. The standard InChI is InChI=1S/C14H17ClN2O2/c1-10(7-8-16)17(2)14(19)9-13(18)11-3-5-12(15)6-4-11/h3-6,10,13,18H,7,9H2,1-2H3. The Morgan fingerprint density at radius 3 is 2.58 bits per heavy atom. The number of amides is 1. The highest BCUT2D eigenvalue weighted by atomic mass is 35.5. The van der Waals surface area contributed by atoms with Crippen LogP contribution in [0, 0.1) is 11.3 Å². The zero-order valence-corrected chi connectivity index (χ0v) is 11.8. The molecule has 0 heterocycles. The monoisotopic (exact) mass is 280 g/mol. The fraction of sp³-hybridized carbons (Fsp3) is 0.429. The summed E-state index contributed by atoms with van der Waals surface area (Å²) in [5, 5.41) is 19.2. The molecule has 0 aliphatic heterocycles. The van der Waals surface area contributed by atoms with Crippen LogP contribution in [0.5, 0.6) is 0 Å². The van der Waals surface area contributed by atoms with E-state index in [4.69, 9.17) is 16.9 Å². The molecule has 0 spiro atoms. The lowest BCUT2D eigenvalue weighted by molar-refractivity contribution is -0.133. The van der Waals surface area contributed by atoms with Crippen LogP contribution in [0.2, 0.25) is 5.02 Å². The van der Waals surface area contributed by atoms with Crippen LogP contribution in [0.1, 0.15) is 31.4 Å². The molecule has 5 heteroatoms. The van der Waals surface area contributed by atoms with Gasteiger partial charge in [0.25, 0.3) is 0 Å². The van der Waals surface area contributed by atoms with Crippen LogP contribution in [-0.2, 0) is 4.79 Å². The summed E-state index contributed by atoms with van der Waals surface area (Å²) in [5.41, 5.74) is 0.652. The zero-order valence-electron chi connectivity index (χ0n) is 11.0. The van der Waals surface area contributed by atoms with Crippen LogP contribution in [-0.4, -0.2) is 29.0 Å². The van der Waals surface area contributed by atoms with E-state index in [0.717, 1.165) is 0 Å². The van der Waals surface area contributed by atoms with E-state index in [-0.39, 0.29) is 24.8 Å². The highest BCUT2D eigenvalue weighted by Gasteiger charge is 2.19. The summed E-state index contributed by atoms with van der Waals surface area (Å²) in [5.74, 6) is -0.190. The van der Waals surface area contributed by atoms with Crippen molar-refractivity contribution in [2.24, 2.45) is 0 Å². The van der Waals surface area contributed by atoms with Crippen molar-refractivity contribution >= 4 is 17.5 Å². The van der Waals surface area contributed by atoms with E-state index < -0.39 is 6.10 Å². The molecule has 102 valence electrons. The molecular formula is C14H17ClN2O2. The van der Waals surface area contributed by atoms with Crippen molar-refractivity contribution in [2.75, 3.05) is 7.05 Å². The van der Waals surface area contributed by atoms with Gasteiger partial charge in [0.15, 0.2) is 0 Å². The first-order chi connectivity index (χ1) is 8.95. The molecule has 0 aromatic heterocycles. The van der Waals surface area contributed by atoms with Gasteiger partial charge in [-0.2, -0.15) is 5.26 Å². The van der Waals surface area contributed by atoms with E-state index >= 15 is 0 Å². The molecule has 2 unspecified atom stereocenters. The quantitative estimate of drug-likeness (QED) is 0.901.